The minimum atomic E-state index is -0.734. The molecule has 0 spiro atoms. The Bertz CT molecular complexity index is 753. The molecule has 26 heavy (non-hydrogen) atoms. The number of aliphatic carboxylic acids is 1. The van der Waals surface area contributed by atoms with Gasteiger partial charge in [0.25, 0.3) is 0 Å². The highest BCUT2D eigenvalue weighted by Gasteiger charge is 2.46. The number of hydrogen-bond acceptors (Lipinski definition) is 3. The van der Waals surface area contributed by atoms with Crippen molar-refractivity contribution in [3.05, 3.63) is 59.7 Å². The highest BCUT2D eigenvalue weighted by molar-refractivity contribution is 5.74. The van der Waals surface area contributed by atoms with Gasteiger partial charge in [-0.05, 0) is 60.6 Å². The molecule has 0 amide bonds. The number of carbonyl (C=O) groups is 1. The van der Waals surface area contributed by atoms with Gasteiger partial charge in [0.2, 0.25) is 0 Å². The summed E-state index contributed by atoms with van der Waals surface area (Å²) < 4.78 is 10.8. The quantitative estimate of drug-likeness (QED) is 0.817. The van der Waals surface area contributed by atoms with Crippen molar-refractivity contribution in [1.82, 2.24) is 0 Å². The third-order valence-electron chi connectivity index (χ3n) is 5.44. The molecule has 0 radical (unpaired) electrons. The van der Waals surface area contributed by atoms with Gasteiger partial charge in [0.05, 0.1) is 19.6 Å². The first-order valence-corrected chi connectivity index (χ1v) is 9.14. The zero-order valence-electron chi connectivity index (χ0n) is 15.5. The third-order valence-corrected chi connectivity index (χ3v) is 5.44. The van der Waals surface area contributed by atoms with Crippen molar-refractivity contribution in [1.29, 1.82) is 0 Å². The van der Waals surface area contributed by atoms with Crippen molar-refractivity contribution in [3.8, 4) is 11.5 Å². The van der Waals surface area contributed by atoms with Crippen LogP contribution in [-0.4, -0.2) is 24.8 Å². The van der Waals surface area contributed by atoms with Crippen LogP contribution in [0.15, 0.2) is 48.5 Å². The molecule has 0 aliphatic heterocycles. The van der Waals surface area contributed by atoms with E-state index in [1.807, 2.05) is 55.5 Å². The van der Waals surface area contributed by atoms with E-state index in [2.05, 4.69) is 6.92 Å². The zero-order chi connectivity index (χ0) is 18.7. The normalized spacial score (nSPS) is 25.0. The summed E-state index contributed by atoms with van der Waals surface area (Å²) in [6.45, 7) is 4.70. The molecule has 1 aliphatic carbocycles. The van der Waals surface area contributed by atoms with E-state index >= 15 is 0 Å². The summed E-state index contributed by atoms with van der Waals surface area (Å²) in [4.78, 5) is 12.2. The first-order valence-electron chi connectivity index (χ1n) is 9.14. The molecule has 2 aromatic carbocycles. The van der Waals surface area contributed by atoms with E-state index in [4.69, 9.17) is 9.47 Å². The Kier molecular flexibility index (Phi) is 5.50. The van der Waals surface area contributed by atoms with Gasteiger partial charge in [-0.2, -0.15) is 0 Å². The summed E-state index contributed by atoms with van der Waals surface area (Å²) in [7, 11) is 1.63. The van der Waals surface area contributed by atoms with Crippen LogP contribution < -0.4 is 9.47 Å². The van der Waals surface area contributed by atoms with Crippen LogP contribution in [0.2, 0.25) is 0 Å². The number of rotatable bonds is 6. The van der Waals surface area contributed by atoms with E-state index in [9.17, 15) is 9.90 Å². The molecule has 2 aromatic rings. The van der Waals surface area contributed by atoms with Gasteiger partial charge in [0, 0.05) is 5.92 Å². The molecule has 1 fully saturated rings. The standard InChI is InChI=1S/C22H26O4/c1-4-26-18-7-5-6-16(13-18)19-12-14(2)20(21(19)22(23)24)15-8-10-17(25-3)11-9-15/h5-11,13-14,19-21H,4,12H2,1-3H3,(H,23,24)/t14-,19?,20?,21-/m1/s1. The molecular formula is C22H26O4. The van der Waals surface area contributed by atoms with E-state index < -0.39 is 11.9 Å². The van der Waals surface area contributed by atoms with Gasteiger partial charge >= 0.3 is 5.97 Å². The van der Waals surface area contributed by atoms with E-state index in [0.29, 0.717) is 6.61 Å². The molecule has 0 bridgehead atoms. The summed E-state index contributed by atoms with van der Waals surface area (Å²) in [5.74, 6) is 0.651. The molecule has 0 heterocycles. The maximum Gasteiger partial charge on any atom is 0.307 e. The van der Waals surface area contributed by atoms with Crippen LogP contribution in [0.1, 0.15) is 43.2 Å². The fourth-order valence-corrected chi connectivity index (χ4v) is 4.33. The lowest BCUT2D eigenvalue weighted by Gasteiger charge is -2.23. The maximum atomic E-state index is 12.2. The Morgan fingerprint density at radius 3 is 2.46 bits per heavy atom. The van der Waals surface area contributed by atoms with E-state index in [1.165, 1.54) is 0 Å². The maximum absolute atomic E-state index is 12.2. The van der Waals surface area contributed by atoms with Crippen molar-refractivity contribution >= 4 is 5.97 Å². The third kappa shape index (κ3) is 3.55. The number of carboxylic acids is 1. The van der Waals surface area contributed by atoms with Gasteiger partial charge in [0.1, 0.15) is 11.5 Å². The van der Waals surface area contributed by atoms with Gasteiger partial charge < -0.3 is 14.6 Å². The second-order valence-corrected chi connectivity index (χ2v) is 6.99. The fourth-order valence-electron chi connectivity index (χ4n) is 4.33. The summed E-state index contributed by atoms with van der Waals surface area (Å²) in [5.41, 5.74) is 2.11. The van der Waals surface area contributed by atoms with E-state index in [-0.39, 0.29) is 17.8 Å². The van der Waals surface area contributed by atoms with Crippen LogP contribution in [0, 0.1) is 11.8 Å². The second kappa shape index (κ2) is 7.81. The van der Waals surface area contributed by atoms with Crippen molar-refractivity contribution in [2.45, 2.75) is 32.1 Å². The van der Waals surface area contributed by atoms with Crippen molar-refractivity contribution < 1.29 is 19.4 Å². The van der Waals surface area contributed by atoms with Crippen molar-refractivity contribution in [2.75, 3.05) is 13.7 Å². The molecule has 1 N–H and O–H groups in total. The SMILES string of the molecule is CCOc1cccc(C2C[C@@H](C)C(c3ccc(OC)cc3)[C@@H]2C(=O)O)c1. The average molecular weight is 354 g/mol. The molecule has 0 aromatic heterocycles. The van der Waals surface area contributed by atoms with Gasteiger partial charge in [-0.25, -0.2) is 0 Å². The Morgan fingerprint density at radius 2 is 1.85 bits per heavy atom. The second-order valence-electron chi connectivity index (χ2n) is 6.99. The Morgan fingerprint density at radius 1 is 1.12 bits per heavy atom. The molecule has 4 atom stereocenters. The molecule has 138 valence electrons. The lowest BCUT2D eigenvalue weighted by Crippen LogP contribution is -2.23. The predicted octanol–water partition coefficient (Wildman–Crippen LogP) is 4.70. The monoisotopic (exact) mass is 354 g/mol. The number of ether oxygens (including phenoxy) is 2. The lowest BCUT2D eigenvalue weighted by atomic mass is 9.80. The van der Waals surface area contributed by atoms with Crippen LogP contribution in [0.25, 0.3) is 0 Å². The Labute approximate surface area is 154 Å². The molecule has 2 unspecified atom stereocenters. The summed E-state index contributed by atoms with van der Waals surface area (Å²) >= 11 is 0. The minimum Gasteiger partial charge on any atom is -0.497 e. The van der Waals surface area contributed by atoms with E-state index in [1.54, 1.807) is 7.11 Å². The van der Waals surface area contributed by atoms with Crippen molar-refractivity contribution in [3.63, 3.8) is 0 Å². The lowest BCUT2D eigenvalue weighted by molar-refractivity contribution is -0.142. The van der Waals surface area contributed by atoms with Crippen molar-refractivity contribution in [2.24, 2.45) is 11.8 Å². The Hall–Kier alpha value is -2.49. The molecular weight excluding hydrogens is 328 g/mol. The van der Waals surface area contributed by atoms with Gasteiger partial charge in [0.15, 0.2) is 0 Å². The predicted molar refractivity (Wildman–Crippen MR) is 101 cm³/mol. The van der Waals surface area contributed by atoms with Crippen LogP contribution in [0.4, 0.5) is 0 Å². The highest BCUT2D eigenvalue weighted by atomic mass is 16.5. The molecule has 3 rings (SSSR count). The van der Waals surface area contributed by atoms with Crippen LogP contribution in [0.3, 0.4) is 0 Å². The number of benzene rings is 2. The number of carboxylic acid groups (broad SMARTS) is 1. The summed E-state index contributed by atoms with van der Waals surface area (Å²) in [6, 6.07) is 15.7. The van der Waals surface area contributed by atoms with Gasteiger partial charge in [-0.3, -0.25) is 4.79 Å². The van der Waals surface area contributed by atoms with Crippen LogP contribution in [-0.2, 0) is 4.79 Å². The first kappa shape index (κ1) is 18.3. The van der Waals surface area contributed by atoms with Crippen LogP contribution >= 0.6 is 0 Å². The molecule has 4 nitrogen and oxygen atoms in total. The molecule has 1 saturated carbocycles. The average Bonchev–Trinajstić information content (AvgIpc) is 3.00. The van der Waals surface area contributed by atoms with Gasteiger partial charge in [-0.15, -0.1) is 0 Å². The summed E-state index contributed by atoms with van der Waals surface area (Å²) in [5, 5.41) is 10.0. The zero-order valence-corrected chi connectivity index (χ0v) is 15.5. The van der Waals surface area contributed by atoms with Gasteiger partial charge in [-0.1, -0.05) is 31.2 Å². The fraction of sp³-hybridized carbons (Fsp3) is 0.409. The Balaban J connectivity index is 1.95. The number of methoxy groups -OCH3 is 1. The minimum absolute atomic E-state index is 0.0147. The molecule has 1 aliphatic rings. The molecule has 0 saturated heterocycles. The first-order chi connectivity index (χ1) is 12.5. The van der Waals surface area contributed by atoms with Crippen LogP contribution in [0.5, 0.6) is 11.5 Å². The topological polar surface area (TPSA) is 55.8 Å². The molecule has 4 heteroatoms. The summed E-state index contributed by atoms with van der Waals surface area (Å²) in [6.07, 6.45) is 0.850. The number of hydrogen-bond donors (Lipinski definition) is 1. The smallest absolute Gasteiger partial charge is 0.307 e. The largest absolute Gasteiger partial charge is 0.497 e. The highest BCUT2D eigenvalue weighted by Crippen LogP contribution is 2.52. The van der Waals surface area contributed by atoms with E-state index in [0.717, 1.165) is 29.0 Å².